The number of esters is 1. The Morgan fingerprint density at radius 1 is 0.932 bits per heavy atom. The second kappa shape index (κ2) is 15.5. The SMILES string of the molecule is COC(=O)[C@H](C[C@@H]1CCCNC1=O)NC(=O)[C@H](CC(C)C)NC(=O)[C@H](Cc1cccc2ccccc12)NC(=O)OC(C)(C)C. The molecular weight excluding hydrogens is 564 g/mol. The van der Waals surface area contributed by atoms with E-state index in [-0.39, 0.29) is 31.1 Å². The van der Waals surface area contributed by atoms with E-state index in [2.05, 4.69) is 21.3 Å². The Morgan fingerprint density at radius 2 is 1.59 bits per heavy atom. The number of methoxy groups -OCH3 is 1. The molecule has 11 nitrogen and oxygen atoms in total. The zero-order valence-electron chi connectivity index (χ0n) is 26.5. The third-order valence-electron chi connectivity index (χ3n) is 7.37. The van der Waals surface area contributed by atoms with Crippen molar-refractivity contribution in [1.29, 1.82) is 0 Å². The summed E-state index contributed by atoms with van der Waals surface area (Å²) in [4.78, 5) is 65.2. The van der Waals surface area contributed by atoms with Gasteiger partial charge in [0, 0.05) is 18.9 Å². The average molecular weight is 611 g/mol. The number of carbonyl (C=O) groups excluding carboxylic acids is 5. The van der Waals surface area contributed by atoms with Crippen LogP contribution in [0.4, 0.5) is 4.79 Å². The Bertz CT molecular complexity index is 1330. The lowest BCUT2D eigenvalue weighted by Gasteiger charge is -2.28. The monoisotopic (exact) mass is 610 g/mol. The van der Waals surface area contributed by atoms with Gasteiger partial charge in [0.2, 0.25) is 17.7 Å². The number of nitrogens with one attached hydrogen (secondary N) is 4. The van der Waals surface area contributed by atoms with Crippen LogP contribution in [-0.4, -0.2) is 67.2 Å². The van der Waals surface area contributed by atoms with Gasteiger partial charge in [-0.05, 0) is 68.7 Å². The molecule has 0 radical (unpaired) electrons. The van der Waals surface area contributed by atoms with Crippen LogP contribution in [0.5, 0.6) is 0 Å². The van der Waals surface area contributed by atoms with Crippen LogP contribution in [0.2, 0.25) is 0 Å². The summed E-state index contributed by atoms with van der Waals surface area (Å²) >= 11 is 0. The molecule has 0 aliphatic carbocycles. The van der Waals surface area contributed by atoms with Crippen molar-refractivity contribution in [2.24, 2.45) is 11.8 Å². The van der Waals surface area contributed by atoms with Crippen molar-refractivity contribution in [3.8, 4) is 0 Å². The molecule has 0 bridgehead atoms. The fraction of sp³-hybridized carbons (Fsp3) is 0.545. The third kappa shape index (κ3) is 10.2. The van der Waals surface area contributed by atoms with Crippen molar-refractivity contribution in [3.63, 3.8) is 0 Å². The Hall–Kier alpha value is -4.15. The minimum Gasteiger partial charge on any atom is -0.467 e. The van der Waals surface area contributed by atoms with E-state index in [0.29, 0.717) is 13.0 Å². The van der Waals surface area contributed by atoms with E-state index in [1.165, 1.54) is 7.11 Å². The number of alkyl carbamates (subject to hydrolysis) is 1. The Kier molecular flexibility index (Phi) is 12.1. The van der Waals surface area contributed by atoms with Crippen LogP contribution in [0.1, 0.15) is 65.9 Å². The van der Waals surface area contributed by atoms with Crippen LogP contribution in [0, 0.1) is 11.8 Å². The summed E-state index contributed by atoms with van der Waals surface area (Å²) in [5.74, 6) is -2.45. The van der Waals surface area contributed by atoms with E-state index in [0.717, 1.165) is 22.8 Å². The summed E-state index contributed by atoms with van der Waals surface area (Å²) in [7, 11) is 1.22. The maximum atomic E-state index is 13.8. The van der Waals surface area contributed by atoms with Crippen LogP contribution in [0.3, 0.4) is 0 Å². The fourth-order valence-corrected chi connectivity index (χ4v) is 5.30. The molecule has 11 heteroatoms. The fourth-order valence-electron chi connectivity index (χ4n) is 5.30. The summed E-state index contributed by atoms with van der Waals surface area (Å²) in [5, 5.41) is 12.9. The van der Waals surface area contributed by atoms with E-state index in [1.807, 2.05) is 56.3 Å². The van der Waals surface area contributed by atoms with Gasteiger partial charge >= 0.3 is 12.1 Å². The molecule has 1 saturated heterocycles. The lowest BCUT2D eigenvalue weighted by Crippen LogP contribution is -2.57. The molecule has 1 heterocycles. The van der Waals surface area contributed by atoms with Gasteiger partial charge in [0.1, 0.15) is 23.7 Å². The summed E-state index contributed by atoms with van der Waals surface area (Å²) in [6, 6.07) is 10.3. The van der Waals surface area contributed by atoms with E-state index in [1.54, 1.807) is 20.8 Å². The number of carbonyl (C=O) groups is 5. The van der Waals surface area contributed by atoms with E-state index in [9.17, 15) is 24.0 Å². The molecular formula is C33H46N4O7. The first kappa shape index (κ1) is 34.3. The highest BCUT2D eigenvalue weighted by atomic mass is 16.6. The first-order valence-corrected chi connectivity index (χ1v) is 15.2. The van der Waals surface area contributed by atoms with Gasteiger partial charge in [-0.2, -0.15) is 0 Å². The maximum absolute atomic E-state index is 13.8. The van der Waals surface area contributed by atoms with Crippen LogP contribution >= 0.6 is 0 Å². The lowest BCUT2D eigenvalue weighted by atomic mass is 9.91. The minimum atomic E-state index is -1.07. The Labute approximate surface area is 259 Å². The quantitative estimate of drug-likeness (QED) is 0.269. The molecule has 0 aromatic heterocycles. The van der Waals surface area contributed by atoms with Gasteiger partial charge in [-0.25, -0.2) is 9.59 Å². The molecule has 0 unspecified atom stereocenters. The van der Waals surface area contributed by atoms with E-state index < -0.39 is 53.5 Å². The molecule has 240 valence electrons. The van der Waals surface area contributed by atoms with Crippen molar-refractivity contribution in [2.75, 3.05) is 13.7 Å². The average Bonchev–Trinajstić information content (AvgIpc) is 2.95. The molecule has 0 saturated carbocycles. The second-order valence-electron chi connectivity index (χ2n) is 12.7. The van der Waals surface area contributed by atoms with Crippen molar-refractivity contribution >= 4 is 40.6 Å². The Morgan fingerprint density at radius 3 is 2.25 bits per heavy atom. The molecule has 4 N–H and O–H groups in total. The molecule has 1 fully saturated rings. The first-order chi connectivity index (χ1) is 20.8. The van der Waals surface area contributed by atoms with Crippen molar-refractivity contribution in [1.82, 2.24) is 21.3 Å². The summed E-state index contributed by atoms with van der Waals surface area (Å²) in [6.45, 7) is 9.56. The third-order valence-corrected chi connectivity index (χ3v) is 7.37. The zero-order chi connectivity index (χ0) is 32.4. The number of piperidine rings is 1. The van der Waals surface area contributed by atoms with Crippen LogP contribution in [-0.2, 0) is 35.1 Å². The van der Waals surface area contributed by atoms with Gasteiger partial charge in [-0.3, -0.25) is 14.4 Å². The van der Waals surface area contributed by atoms with Gasteiger partial charge in [0.05, 0.1) is 7.11 Å². The van der Waals surface area contributed by atoms with Gasteiger partial charge in [0.15, 0.2) is 0 Å². The number of ether oxygens (including phenoxy) is 2. The van der Waals surface area contributed by atoms with Gasteiger partial charge in [0.25, 0.3) is 0 Å². The molecule has 1 aliphatic heterocycles. The van der Waals surface area contributed by atoms with E-state index in [4.69, 9.17) is 9.47 Å². The van der Waals surface area contributed by atoms with Gasteiger partial charge in [-0.1, -0.05) is 56.3 Å². The maximum Gasteiger partial charge on any atom is 0.408 e. The summed E-state index contributed by atoms with van der Waals surface area (Å²) in [6.07, 6.45) is 1.09. The molecule has 0 spiro atoms. The number of hydrogen-bond donors (Lipinski definition) is 4. The second-order valence-corrected chi connectivity index (χ2v) is 12.7. The van der Waals surface area contributed by atoms with Crippen molar-refractivity contribution in [3.05, 3.63) is 48.0 Å². The topological polar surface area (TPSA) is 152 Å². The molecule has 2 aromatic rings. The number of hydrogen-bond acceptors (Lipinski definition) is 7. The largest absolute Gasteiger partial charge is 0.467 e. The number of benzene rings is 2. The molecule has 4 atom stereocenters. The molecule has 3 rings (SSSR count). The minimum absolute atomic E-state index is 0.00193. The van der Waals surface area contributed by atoms with Crippen LogP contribution < -0.4 is 21.3 Å². The highest BCUT2D eigenvalue weighted by Crippen LogP contribution is 2.21. The molecule has 2 aromatic carbocycles. The summed E-state index contributed by atoms with van der Waals surface area (Å²) < 4.78 is 10.4. The van der Waals surface area contributed by atoms with Gasteiger partial charge in [-0.15, -0.1) is 0 Å². The van der Waals surface area contributed by atoms with Crippen LogP contribution in [0.25, 0.3) is 10.8 Å². The number of rotatable bonds is 12. The predicted octanol–water partition coefficient (Wildman–Crippen LogP) is 3.38. The molecule has 1 aliphatic rings. The predicted molar refractivity (Wildman–Crippen MR) is 166 cm³/mol. The first-order valence-electron chi connectivity index (χ1n) is 15.2. The highest BCUT2D eigenvalue weighted by Gasteiger charge is 2.34. The number of fused-ring (bicyclic) bond motifs is 1. The van der Waals surface area contributed by atoms with E-state index >= 15 is 0 Å². The summed E-state index contributed by atoms with van der Waals surface area (Å²) in [5.41, 5.74) is 0.0450. The smallest absolute Gasteiger partial charge is 0.408 e. The van der Waals surface area contributed by atoms with Crippen molar-refractivity contribution < 1.29 is 33.4 Å². The lowest BCUT2D eigenvalue weighted by molar-refractivity contribution is -0.146. The highest BCUT2D eigenvalue weighted by molar-refractivity contribution is 5.94. The van der Waals surface area contributed by atoms with Crippen molar-refractivity contribution in [2.45, 2.75) is 90.4 Å². The van der Waals surface area contributed by atoms with Crippen LogP contribution in [0.15, 0.2) is 42.5 Å². The normalized spacial score (nSPS) is 17.2. The van der Waals surface area contributed by atoms with Gasteiger partial charge < -0.3 is 30.7 Å². The molecule has 44 heavy (non-hydrogen) atoms. The Balaban J connectivity index is 1.84. The zero-order valence-corrected chi connectivity index (χ0v) is 26.5. The standard InChI is InChI=1S/C33H46N4O7/c1-20(2)17-25(29(39)36-27(31(41)43-6)19-23-14-10-16-34-28(23)38)35-30(40)26(37-32(42)44-33(3,4)5)18-22-13-9-12-21-11-7-8-15-24(21)22/h7-9,11-13,15,20,23,25-27H,10,14,16-19H2,1-6H3,(H,34,38)(H,35,40)(H,36,39)(H,37,42)/t23-,25-,26-,27-/m0/s1. The molecule has 4 amide bonds. The number of amides is 4.